The number of nitrogens with one attached hydrogen (secondary N) is 1. The average molecular weight is 349 g/mol. The second kappa shape index (κ2) is 6.77. The van der Waals surface area contributed by atoms with Crippen LogP contribution in [-0.4, -0.2) is 43.2 Å². The summed E-state index contributed by atoms with van der Waals surface area (Å²) in [4.78, 5) is 16.0. The van der Waals surface area contributed by atoms with Crippen molar-refractivity contribution in [2.45, 2.75) is 51.7 Å². The van der Waals surface area contributed by atoms with E-state index >= 15 is 0 Å². The molecule has 5 heteroatoms. The van der Waals surface area contributed by atoms with Crippen LogP contribution < -0.4 is 5.32 Å². The third-order valence-electron chi connectivity index (χ3n) is 6.05. The van der Waals surface area contributed by atoms with Crippen LogP contribution in [0.3, 0.4) is 0 Å². The lowest BCUT2D eigenvalue weighted by molar-refractivity contribution is -0.122. The van der Waals surface area contributed by atoms with Gasteiger partial charge in [-0.3, -0.25) is 9.69 Å². The largest absolute Gasteiger partial charge is 0.378 e. The third kappa shape index (κ3) is 3.39. The Morgan fingerprint density at radius 1 is 1.46 bits per heavy atom. The van der Waals surface area contributed by atoms with Gasteiger partial charge in [-0.25, -0.2) is 0 Å². The van der Waals surface area contributed by atoms with Crippen molar-refractivity contribution < 1.29 is 9.53 Å². The Balaban J connectivity index is 1.37. The first-order chi connectivity index (χ1) is 11.7. The van der Waals surface area contributed by atoms with Gasteiger partial charge in [-0.1, -0.05) is 0 Å². The summed E-state index contributed by atoms with van der Waals surface area (Å²) in [6.07, 6.45) is 5.86. The number of piperidine rings is 1. The fourth-order valence-electron chi connectivity index (χ4n) is 4.33. The molecule has 1 N–H and O–H groups in total. The van der Waals surface area contributed by atoms with Gasteiger partial charge in [0, 0.05) is 49.0 Å². The van der Waals surface area contributed by atoms with Crippen LogP contribution in [0.4, 0.5) is 0 Å². The molecule has 1 amide bonds. The molecule has 24 heavy (non-hydrogen) atoms. The maximum absolute atomic E-state index is 11.9. The number of thiophene rings is 1. The molecule has 2 saturated heterocycles. The lowest BCUT2D eigenvalue weighted by Gasteiger charge is -2.44. The SMILES string of the molecule is Cc1ccsc1CN1CC[C@H]2OCC[C@@]2(CCNC(=O)C2CC2)C1. The van der Waals surface area contributed by atoms with Crippen LogP contribution in [0.25, 0.3) is 0 Å². The van der Waals surface area contributed by atoms with Crippen LogP contribution in [0, 0.1) is 18.3 Å². The number of fused-ring (bicyclic) bond motifs is 1. The molecule has 0 unspecified atom stereocenters. The van der Waals surface area contributed by atoms with E-state index in [1.54, 1.807) is 0 Å². The third-order valence-corrected chi connectivity index (χ3v) is 7.06. The first-order valence-corrected chi connectivity index (χ1v) is 10.2. The van der Waals surface area contributed by atoms with E-state index in [4.69, 9.17) is 4.74 Å². The van der Waals surface area contributed by atoms with Gasteiger partial charge in [0.05, 0.1) is 6.10 Å². The van der Waals surface area contributed by atoms with E-state index in [0.29, 0.717) is 12.0 Å². The first kappa shape index (κ1) is 16.6. The Morgan fingerprint density at radius 2 is 2.33 bits per heavy atom. The summed E-state index contributed by atoms with van der Waals surface area (Å²) < 4.78 is 6.05. The van der Waals surface area contributed by atoms with Crippen molar-refractivity contribution in [3.05, 3.63) is 21.9 Å². The van der Waals surface area contributed by atoms with Crippen LogP contribution in [0.2, 0.25) is 0 Å². The summed E-state index contributed by atoms with van der Waals surface area (Å²) in [5.74, 6) is 0.575. The molecule has 4 nitrogen and oxygen atoms in total. The van der Waals surface area contributed by atoms with Gasteiger partial charge in [0.1, 0.15) is 0 Å². The zero-order valence-electron chi connectivity index (χ0n) is 14.6. The highest BCUT2D eigenvalue weighted by atomic mass is 32.1. The van der Waals surface area contributed by atoms with Crippen molar-refractivity contribution in [1.82, 2.24) is 10.2 Å². The quantitative estimate of drug-likeness (QED) is 0.859. The molecule has 2 aliphatic heterocycles. The smallest absolute Gasteiger partial charge is 0.223 e. The highest BCUT2D eigenvalue weighted by Gasteiger charge is 2.47. The maximum atomic E-state index is 11.9. The maximum Gasteiger partial charge on any atom is 0.223 e. The highest BCUT2D eigenvalue weighted by Crippen LogP contribution is 2.44. The lowest BCUT2D eigenvalue weighted by Crippen LogP contribution is -2.50. The van der Waals surface area contributed by atoms with Gasteiger partial charge in [-0.2, -0.15) is 0 Å². The van der Waals surface area contributed by atoms with Crippen LogP contribution >= 0.6 is 11.3 Å². The predicted octanol–water partition coefficient (Wildman–Crippen LogP) is 2.95. The Hall–Kier alpha value is -0.910. The van der Waals surface area contributed by atoms with Gasteiger partial charge in [0.15, 0.2) is 0 Å². The van der Waals surface area contributed by atoms with Crippen molar-refractivity contribution in [2.75, 3.05) is 26.2 Å². The molecule has 0 radical (unpaired) electrons. The van der Waals surface area contributed by atoms with Crippen LogP contribution in [0.1, 0.15) is 42.5 Å². The van der Waals surface area contributed by atoms with E-state index < -0.39 is 0 Å². The van der Waals surface area contributed by atoms with E-state index in [1.165, 1.54) is 10.4 Å². The molecule has 0 bridgehead atoms. The fraction of sp³-hybridized carbons (Fsp3) is 0.737. The van der Waals surface area contributed by atoms with E-state index in [1.807, 2.05) is 11.3 Å². The molecule has 4 rings (SSSR count). The molecular formula is C19H28N2O2S. The molecule has 0 spiro atoms. The van der Waals surface area contributed by atoms with Gasteiger partial charge in [0.2, 0.25) is 5.91 Å². The second-order valence-corrected chi connectivity index (χ2v) is 8.81. The van der Waals surface area contributed by atoms with Crippen LogP contribution in [0.15, 0.2) is 11.4 Å². The number of hydrogen-bond donors (Lipinski definition) is 1. The average Bonchev–Trinajstić information content (AvgIpc) is 3.23. The van der Waals surface area contributed by atoms with Crippen molar-refractivity contribution in [3.8, 4) is 0 Å². The number of amides is 1. The summed E-state index contributed by atoms with van der Waals surface area (Å²) in [5.41, 5.74) is 1.65. The monoisotopic (exact) mass is 348 g/mol. The van der Waals surface area contributed by atoms with Crippen molar-refractivity contribution in [2.24, 2.45) is 11.3 Å². The van der Waals surface area contributed by atoms with E-state index in [9.17, 15) is 4.79 Å². The Kier molecular flexibility index (Phi) is 4.67. The lowest BCUT2D eigenvalue weighted by atomic mass is 9.74. The van der Waals surface area contributed by atoms with Crippen molar-refractivity contribution >= 4 is 17.2 Å². The molecule has 1 aromatic rings. The zero-order valence-corrected chi connectivity index (χ0v) is 15.4. The van der Waals surface area contributed by atoms with Crippen molar-refractivity contribution in [1.29, 1.82) is 0 Å². The van der Waals surface area contributed by atoms with Gasteiger partial charge in [0.25, 0.3) is 0 Å². The zero-order chi connectivity index (χ0) is 16.6. The molecule has 3 aliphatic rings. The standard InChI is InChI=1S/C19H28N2O2S/c1-14-5-11-24-16(14)12-21-9-4-17-19(13-21,7-10-23-17)6-8-20-18(22)15-2-3-15/h5,11,15,17H,2-4,6-10,12-13H2,1H3,(H,20,22)/t17-,19+/m1/s1. The molecule has 3 fully saturated rings. The minimum Gasteiger partial charge on any atom is -0.378 e. The molecule has 0 aromatic carbocycles. The number of carbonyl (C=O) groups is 1. The highest BCUT2D eigenvalue weighted by molar-refractivity contribution is 7.10. The Bertz CT molecular complexity index is 598. The first-order valence-electron chi connectivity index (χ1n) is 9.31. The Morgan fingerprint density at radius 3 is 3.08 bits per heavy atom. The number of carbonyl (C=O) groups excluding carboxylic acids is 1. The van der Waals surface area contributed by atoms with Gasteiger partial charge >= 0.3 is 0 Å². The fourth-order valence-corrected chi connectivity index (χ4v) is 5.28. The summed E-state index contributed by atoms with van der Waals surface area (Å²) in [7, 11) is 0. The van der Waals surface area contributed by atoms with Crippen molar-refractivity contribution in [3.63, 3.8) is 0 Å². The van der Waals surface area contributed by atoms with E-state index in [-0.39, 0.29) is 11.3 Å². The summed E-state index contributed by atoms with van der Waals surface area (Å²) in [6.45, 7) is 7.19. The van der Waals surface area contributed by atoms with Crippen LogP contribution in [-0.2, 0) is 16.1 Å². The number of ether oxygens (including phenoxy) is 1. The molecule has 1 aromatic heterocycles. The summed E-state index contributed by atoms with van der Waals surface area (Å²) in [6, 6.07) is 2.22. The van der Waals surface area contributed by atoms with Gasteiger partial charge in [-0.15, -0.1) is 11.3 Å². The van der Waals surface area contributed by atoms with E-state index in [2.05, 4.69) is 28.6 Å². The number of aryl methyl sites for hydroxylation is 1. The minimum atomic E-state index is 0.236. The Labute approximate surface area is 148 Å². The number of likely N-dealkylation sites (tertiary alicyclic amines) is 1. The van der Waals surface area contributed by atoms with E-state index in [0.717, 1.165) is 64.9 Å². The molecule has 1 aliphatic carbocycles. The minimum absolute atomic E-state index is 0.236. The van der Waals surface area contributed by atoms with Gasteiger partial charge in [-0.05, 0) is 56.0 Å². The topological polar surface area (TPSA) is 41.6 Å². The second-order valence-electron chi connectivity index (χ2n) is 7.81. The summed E-state index contributed by atoms with van der Waals surface area (Å²) in [5, 5.41) is 5.35. The number of nitrogens with zero attached hydrogens (tertiary/aromatic N) is 1. The van der Waals surface area contributed by atoms with Crippen LogP contribution in [0.5, 0.6) is 0 Å². The number of rotatable bonds is 6. The molecule has 3 heterocycles. The normalized spacial score (nSPS) is 30.3. The molecular weight excluding hydrogens is 320 g/mol. The molecule has 132 valence electrons. The number of hydrogen-bond acceptors (Lipinski definition) is 4. The predicted molar refractivity (Wildman–Crippen MR) is 96.1 cm³/mol. The summed E-state index contributed by atoms with van der Waals surface area (Å²) >= 11 is 1.87. The molecule has 2 atom stereocenters. The molecule has 1 saturated carbocycles. The van der Waals surface area contributed by atoms with Gasteiger partial charge < -0.3 is 10.1 Å².